The number of amides is 2. The third-order valence-corrected chi connectivity index (χ3v) is 9.12. The average Bonchev–Trinajstić information content (AvgIpc) is 3.78. The van der Waals surface area contributed by atoms with E-state index < -0.39 is 29.9 Å². The number of hydrogen-bond donors (Lipinski definition) is 5. The van der Waals surface area contributed by atoms with Gasteiger partial charge in [-0.2, -0.15) is 0 Å². The first-order valence-corrected chi connectivity index (χ1v) is 17.7. The normalized spacial score (nSPS) is 12.2. The zero-order valence-electron chi connectivity index (χ0n) is 28.4. The van der Waals surface area contributed by atoms with Gasteiger partial charge in [0.05, 0.1) is 18.9 Å². The lowest BCUT2D eigenvalue weighted by atomic mass is 10.0. The lowest BCUT2D eigenvalue weighted by molar-refractivity contribution is -0.147. The smallest absolute Gasteiger partial charge is 0.328 e. The van der Waals surface area contributed by atoms with Gasteiger partial charge in [0.2, 0.25) is 11.8 Å². The van der Waals surface area contributed by atoms with E-state index in [0.29, 0.717) is 23.1 Å². The fraction of sp³-hybridized carbons (Fsp3) is 0.211. The van der Waals surface area contributed by atoms with E-state index in [9.17, 15) is 19.5 Å². The largest absolute Gasteiger partial charge is 0.508 e. The van der Waals surface area contributed by atoms with Crippen LogP contribution in [-0.4, -0.2) is 72.1 Å². The number of aromatic nitrogens is 5. The lowest BCUT2D eigenvalue weighted by Crippen LogP contribution is -2.53. The topological polar surface area (TPSA) is 176 Å². The fourth-order valence-corrected chi connectivity index (χ4v) is 6.45. The van der Waals surface area contributed by atoms with E-state index >= 15 is 0 Å². The van der Waals surface area contributed by atoms with Crippen molar-refractivity contribution < 1.29 is 24.2 Å². The molecule has 2 unspecified atom stereocenters. The quantitative estimate of drug-likeness (QED) is 0.0704. The Labute approximate surface area is 304 Å². The molecule has 0 bridgehead atoms. The number of aromatic amines is 1. The summed E-state index contributed by atoms with van der Waals surface area (Å²) in [6.07, 6.45) is 5.49. The van der Waals surface area contributed by atoms with Gasteiger partial charge in [0, 0.05) is 53.7 Å². The van der Waals surface area contributed by atoms with Crippen LogP contribution in [0.5, 0.6) is 5.75 Å². The molecule has 0 aliphatic rings. The van der Waals surface area contributed by atoms with Gasteiger partial charge in [-0.1, -0.05) is 60.3 Å². The van der Waals surface area contributed by atoms with Crippen molar-refractivity contribution in [3.8, 4) is 11.4 Å². The number of rotatable bonds is 16. The van der Waals surface area contributed by atoms with Gasteiger partial charge in [0.25, 0.3) is 0 Å². The maximum atomic E-state index is 13.9. The van der Waals surface area contributed by atoms with Crippen LogP contribution in [-0.2, 0) is 38.5 Å². The standard InChI is InChI=1S/C38H38N8O5S/c1-2-51-37(50)33(21-26-22-41-31-11-7-6-10-30(26)31)43-36(49)32(20-25-12-14-29(47)15-13-25)42-35(48)24-52-38-45-44-34(23-40-27-16-18-39-19-17-27)46(38)28-8-4-3-5-9-28/h3-19,22,32-33,41,47H,2,20-21,23-24H2,1H3,(H,39,40)(H,42,48)(H,43,49). The van der Waals surface area contributed by atoms with E-state index in [0.717, 1.165) is 27.8 Å². The summed E-state index contributed by atoms with van der Waals surface area (Å²) in [5, 5.41) is 29.1. The second kappa shape index (κ2) is 17.2. The van der Waals surface area contributed by atoms with E-state index in [1.54, 1.807) is 31.5 Å². The zero-order chi connectivity index (χ0) is 36.3. The maximum Gasteiger partial charge on any atom is 0.328 e. The molecule has 3 aromatic heterocycles. The number of aromatic hydroxyl groups is 1. The summed E-state index contributed by atoms with van der Waals surface area (Å²) >= 11 is 1.18. The Hall–Kier alpha value is -6.15. The number of ether oxygens (including phenoxy) is 1. The molecule has 6 rings (SSSR count). The molecule has 0 aliphatic heterocycles. The van der Waals surface area contributed by atoms with Crippen LogP contribution < -0.4 is 16.0 Å². The number of esters is 1. The Morgan fingerprint density at radius 1 is 0.885 bits per heavy atom. The summed E-state index contributed by atoms with van der Waals surface area (Å²) in [6.45, 7) is 2.21. The molecule has 3 heterocycles. The maximum absolute atomic E-state index is 13.9. The highest BCUT2D eigenvalue weighted by Gasteiger charge is 2.29. The Balaban J connectivity index is 1.18. The molecule has 2 amide bonds. The number of carbonyl (C=O) groups excluding carboxylic acids is 3. The minimum atomic E-state index is -1.05. The zero-order valence-corrected chi connectivity index (χ0v) is 29.2. The van der Waals surface area contributed by atoms with Crippen molar-refractivity contribution in [1.82, 2.24) is 35.4 Å². The summed E-state index contributed by atoms with van der Waals surface area (Å²) in [7, 11) is 0. The second-order valence-corrected chi connectivity index (χ2v) is 12.8. The van der Waals surface area contributed by atoms with E-state index in [1.807, 2.05) is 77.5 Å². The number of pyridine rings is 1. The molecule has 2 atom stereocenters. The van der Waals surface area contributed by atoms with Crippen LogP contribution in [0.25, 0.3) is 16.6 Å². The number of para-hydroxylation sites is 2. The Kier molecular flexibility index (Phi) is 11.8. The molecule has 14 heteroatoms. The highest BCUT2D eigenvalue weighted by Crippen LogP contribution is 2.23. The summed E-state index contributed by atoms with van der Waals surface area (Å²) in [6, 6.07) is 25.3. The minimum Gasteiger partial charge on any atom is -0.508 e. The first kappa shape index (κ1) is 35.7. The monoisotopic (exact) mass is 718 g/mol. The first-order valence-electron chi connectivity index (χ1n) is 16.7. The SMILES string of the molecule is CCOC(=O)C(Cc1c[nH]c2ccccc12)NC(=O)C(Cc1ccc(O)cc1)NC(=O)CSc1nnc(CNc2ccncc2)n1-c1ccccc1. The first-order chi connectivity index (χ1) is 25.4. The second-order valence-electron chi connectivity index (χ2n) is 11.8. The minimum absolute atomic E-state index is 0.0707. The van der Waals surface area contributed by atoms with Gasteiger partial charge in [-0.05, 0) is 60.5 Å². The third-order valence-electron chi connectivity index (χ3n) is 8.19. The Morgan fingerprint density at radius 2 is 1.63 bits per heavy atom. The van der Waals surface area contributed by atoms with Crippen molar-refractivity contribution >= 4 is 46.1 Å². The lowest BCUT2D eigenvalue weighted by Gasteiger charge is -2.23. The van der Waals surface area contributed by atoms with E-state index in [-0.39, 0.29) is 31.0 Å². The summed E-state index contributed by atoms with van der Waals surface area (Å²) < 4.78 is 7.21. The fourth-order valence-electron chi connectivity index (χ4n) is 5.67. The van der Waals surface area contributed by atoms with Crippen molar-refractivity contribution in [3.63, 3.8) is 0 Å². The van der Waals surface area contributed by atoms with Gasteiger partial charge in [0.1, 0.15) is 17.8 Å². The van der Waals surface area contributed by atoms with E-state index in [2.05, 4.69) is 36.1 Å². The predicted octanol–water partition coefficient (Wildman–Crippen LogP) is 4.57. The summed E-state index contributed by atoms with van der Waals surface area (Å²) in [5.41, 5.74) is 4.14. The van der Waals surface area contributed by atoms with Crippen LogP contribution in [0.1, 0.15) is 23.9 Å². The molecule has 0 radical (unpaired) electrons. The van der Waals surface area contributed by atoms with Crippen molar-refractivity contribution in [3.05, 3.63) is 127 Å². The van der Waals surface area contributed by atoms with Crippen molar-refractivity contribution in [2.24, 2.45) is 0 Å². The molecule has 266 valence electrons. The molecule has 0 fully saturated rings. The molecule has 0 saturated heterocycles. The summed E-state index contributed by atoms with van der Waals surface area (Å²) in [5.74, 6) is -0.923. The van der Waals surface area contributed by atoms with Crippen LogP contribution in [0.4, 0.5) is 5.69 Å². The van der Waals surface area contributed by atoms with Crippen molar-refractivity contribution in [1.29, 1.82) is 0 Å². The van der Waals surface area contributed by atoms with Gasteiger partial charge in [-0.3, -0.25) is 19.1 Å². The molecule has 0 spiro atoms. The highest BCUT2D eigenvalue weighted by atomic mass is 32.2. The molecule has 0 aliphatic carbocycles. The molecule has 0 saturated carbocycles. The highest BCUT2D eigenvalue weighted by molar-refractivity contribution is 7.99. The van der Waals surface area contributed by atoms with E-state index in [1.165, 1.54) is 23.9 Å². The van der Waals surface area contributed by atoms with Gasteiger partial charge in [-0.25, -0.2) is 4.79 Å². The number of anilines is 1. The van der Waals surface area contributed by atoms with Crippen LogP contribution >= 0.6 is 11.8 Å². The number of H-pyrrole nitrogens is 1. The van der Waals surface area contributed by atoms with Gasteiger partial charge >= 0.3 is 5.97 Å². The number of phenolic OH excluding ortho intramolecular Hbond substituents is 1. The molecule has 5 N–H and O–H groups in total. The number of carbonyl (C=O) groups is 3. The Bertz CT molecular complexity index is 2100. The van der Waals surface area contributed by atoms with Crippen LogP contribution in [0.2, 0.25) is 0 Å². The number of benzene rings is 3. The Morgan fingerprint density at radius 3 is 2.40 bits per heavy atom. The predicted molar refractivity (Wildman–Crippen MR) is 198 cm³/mol. The molecular formula is C38H38N8O5S. The van der Waals surface area contributed by atoms with Gasteiger partial charge in [0.15, 0.2) is 11.0 Å². The number of hydrogen-bond acceptors (Lipinski definition) is 10. The molecule has 52 heavy (non-hydrogen) atoms. The molecule has 3 aromatic carbocycles. The third kappa shape index (κ3) is 9.14. The molecule has 13 nitrogen and oxygen atoms in total. The summed E-state index contributed by atoms with van der Waals surface area (Å²) in [4.78, 5) is 47.9. The van der Waals surface area contributed by atoms with Gasteiger partial charge in [-0.15, -0.1) is 10.2 Å². The van der Waals surface area contributed by atoms with E-state index in [4.69, 9.17) is 4.74 Å². The van der Waals surface area contributed by atoms with Crippen molar-refractivity contribution in [2.45, 2.75) is 43.6 Å². The number of phenols is 1. The van der Waals surface area contributed by atoms with Crippen LogP contribution in [0.3, 0.4) is 0 Å². The van der Waals surface area contributed by atoms with Crippen molar-refractivity contribution in [2.75, 3.05) is 17.7 Å². The average molecular weight is 719 g/mol. The van der Waals surface area contributed by atoms with Crippen LogP contribution in [0.15, 0.2) is 115 Å². The van der Waals surface area contributed by atoms with Crippen LogP contribution in [0, 0.1) is 0 Å². The number of nitrogens with zero attached hydrogens (tertiary/aromatic N) is 4. The number of nitrogens with one attached hydrogen (secondary N) is 4. The number of thioether (sulfide) groups is 1. The van der Waals surface area contributed by atoms with Gasteiger partial charge < -0.3 is 30.8 Å². The molecule has 6 aromatic rings. The number of fused-ring (bicyclic) bond motifs is 1. The molecular weight excluding hydrogens is 681 g/mol.